The number of methoxy groups -OCH3 is 1. The second-order valence-electron chi connectivity index (χ2n) is 6.22. The highest BCUT2D eigenvalue weighted by Gasteiger charge is 2.38. The first kappa shape index (κ1) is 21.0. The molecule has 7 heteroatoms. The van der Waals surface area contributed by atoms with Crippen molar-refractivity contribution < 1.29 is 19.1 Å². The van der Waals surface area contributed by atoms with Gasteiger partial charge in [0.25, 0.3) is 5.91 Å². The third kappa shape index (κ3) is 4.02. The van der Waals surface area contributed by atoms with Gasteiger partial charge in [-0.1, -0.05) is 41.4 Å². The lowest BCUT2D eigenvalue weighted by Crippen LogP contribution is -2.24. The van der Waals surface area contributed by atoms with Crippen LogP contribution in [0, 0.1) is 0 Å². The number of carbonyl (C=O) groups is 2. The summed E-state index contributed by atoms with van der Waals surface area (Å²) in [6, 6.07) is 12.1. The van der Waals surface area contributed by atoms with Crippen LogP contribution < -0.4 is 9.64 Å². The van der Waals surface area contributed by atoms with Crippen LogP contribution in [0.3, 0.4) is 0 Å². The van der Waals surface area contributed by atoms with Crippen molar-refractivity contribution in [3.8, 4) is 5.75 Å². The van der Waals surface area contributed by atoms with E-state index < -0.39 is 5.97 Å². The Labute approximate surface area is 179 Å². The van der Waals surface area contributed by atoms with Gasteiger partial charge >= 0.3 is 5.97 Å². The van der Waals surface area contributed by atoms with E-state index in [1.54, 1.807) is 37.3 Å². The number of anilines is 1. The lowest BCUT2D eigenvalue weighted by Gasteiger charge is -2.18. The number of para-hydroxylation sites is 1. The van der Waals surface area contributed by atoms with Crippen LogP contribution in [-0.4, -0.2) is 25.6 Å². The molecule has 0 atom stereocenters. The summed E-state index contributed by atoms with van der Waals surface area (Å²) in [7, 11) is 1.28. The minimum atomic E-state index is -0.599. The van der Waals surface area contributed by atoms with Crippen LogP contribution in [0.15, 0.2) is 59.3 Å². The number of amides is 1. The van der Waals surface area contributed by atoms with Crippen LogP contribution in [0.5, 0.6) is 5.75 Å². The smallest absolute Gasteiger partial charge is 0.340 e. The molecule has 0 unspecified atom stereocenters. The molecule has 0 N–H and O–H groups in total. The zero-order valence-electron chi connectivity index (χ0n) is 16.2. The van der Waals surface area contributed by atoms with Crippen molar-refractivity contribution in [2.24, 2.45) is 0 Å². The molecule has 0 spiro atoms. The van der Waals surface area contributed by atoms with Gasteiger partial charge in [-0.3, -0.25) is 9.69 Å². The van der Waals surface area contributed by atoms with Crippen LogP contribution in [-0.2, 0) is 14.3 Å². The maximum absolute atomic E-state index is 13.3. The van der Waals surface area contributed by atoms with Crippen molar-refractivity contribution in [3.63, 3.8) is 0 Å². The maximum Gasteiger partial charge on any atom is 0.340 e. The molecule has 2 aromatic rings. The molecule has 0 aromatic heterocycles. The normalized spacial score (nSPS) is 15.3. The van der Waals surface area contributed by atoms with Crippen LogP contribution in [0.4, 0.5) is 5.69 Å². The van der Waals surface area contributed by atoms with Gasteiger partial charge in [-0.2, -0.15) is 0 Å². The van der Waals surface area contributed by atoms with Crippen molar-refractivity contribution in [3.05, 3.63) is 74.9 Å². The standard InChI is InChI=1S/C22H19Cl2NO4/c1-4-29-19-8-6-5-7-14(19)11-16-20(22(27)28-3)13(2)25(21(16)26)15-9-10-17(23)18(24)12-15/h5-12H,4H2,1-3H3. The van der Waals surface area contributed by atoms with Gasteiger partial charge in [-0.15, -0.1) is 0 Å². The van der Waals surface area contributed by atoms with Crippen molar-refractivity contribution in [1.82, 2.24) is 0 Å². The number of rotatable bonds is 5. The van der Waals surface area contributed by atoms with E-state index in [0.717, 1.165) is 0 Å². The molecule has 0 fully saturated rings. The molecule has 2 aromatic carbocycles. The van der Waals surface area contributed by atoms with E-state index in [1.165, 1.54) is 12.0 Å². The summed E-state index contributed by atoms with van der Waals surface area (Å²) in [5.41, 5.74) is 2.04. The van der Waals surface area contributed by atoms with Crippen molar-refractivity contribution in [2.45, 2.75) is 13.8 Å². The number of benzene rings is 2. The summed E-state index contributed by atoms with van der Waals surface area (Å²) in [6.07, 6.45) is 1.64. The molecule has 150 valence electrons. The third-order valence-electron chi connectivity index (χ3n) is 4.47. The van der Waals surface area contributed by atoms with Gasteiger partial charge in [0.05, 0.1) is 40.6 Å². The molecular formula is C22H19Cl2NO4. The Morgan fingerprint density at radius 2 is 1.86 bits per heavy atom. The van der Waals surface area contributed by atoms with Gasteiger partial charge < -0.3 is 9.47 Å². The van der Waals surface area contributed by atoms with Gasteiger partial charge in [-0.25, -0.2) is 4.79 Å². The van der Waals surface area contributed by atoms with E-state index in [0.29, 0.717) is 39.3 Å². The lowest BCUT2D eigenvalue weighted by molar-refractivity contribution is -0.136. The quantitative estimate of drug-likeness (QED) is 0.477. The zero-order chi connectivity index (χ0) is 21.1. The van der Waals surface area contributed by atoms with E-state index in [9.17, 15) is 9.59 Å². The summed E-state index contributed by atoms with van der Waals surface area (Å²) < 4.78 is 10.6. The van der Waals surface area contributed by atoms with Crippen molar-refractivity contribution in [2.75, 3.05) is 18.6 Å². The molecule has 1 heterocycles. The average molecular weight is 432 g/mol. The number of hydrogen-bond donors (Lipinski definition) is 0. The highest BCUT2D eigenvalue weighted by molar-refractivity contribution is 6.42. The second-order valence-corrected chi connectivity index (χ2v) is 7.03. The SMILES string of the molecule is CCOc1ccccc1C=C1C(=O)N(c2ccc(Cl)c(Cl)c2)C(C)=C1C(=O)OC. The van der Waals surface area contributed by atoms with Crippen LogP contribution in [0.1, 0.15) is 19.4 Å². The lowest BCUT2D eigenvalue weighted by atomic mass is 10.0. The minimum absolute atomic E-state index is 0.190. The Hall–Kier alpha value is -2.76. The summed E-state index contributed by atoms with van der Waals surface area (Å²) >= 11 is 12.1. The Bertz CT molecular complexity index is 1040. The van der Waals surface area contributed by atoms with Crippen LogP contribution >= 0.6 is 23.2 Å². The van der Waals surface area contributed by atoms with Gasteiger partial charge in [-0.05, 0) is 44.2 Å². The van der Waals surface area contributed by atoms with E-state index in [-0.39, 0.29) is 17.1 Å². The Kier molecular flexibility index (Phi) is 6.30. The number of esters is 1. The monoisotopic (exact) mass is 431 g/mol. The molecular weight excluding hydrogens is 413 g/mol. The number of nitrogens with zero attached hydrogens (tertiary/aromatic N) is 1. The van der Waals surface area contributed by atoms with Gasteiger partial charge in [0.2, 0.25) is 0 Å². The topological polar surface area (TPSA) is 55.8 Å². The first-order valence-corrected chi connectivity index (χ1v) is 9.67. The fraction of sp³-hybridized carbons (Fsp3) is 0.182. The summed E-state index contributed by atoms with van der Waals surface area (Å²) in [5.74, 6) is -0.351. The number of carbonyl (C=O) groups excluding carboxylic acids is 2. The van der Waals surface area contributed by atoms with E-state index >= 15 is 0 Å². The van der Waals surface area contributed by atoms with Gasteiger partial charge in [0.15, 0.2) is 0 Å². The van der Waals surface area contributed by atoms with E-state index in [4.69, 9.17) is 32.7 Å². The largest absolute Gasteiger partial charge is 0.493 e. The summed E-state index contributed by atoms with van der Waals surface area (Å²) in [5, 5.41) is 0.682. The Morgan fingerprint density at radius 1 is 1.14 bits per heavy atom. The predicted molar refractivity (Wildman–Crippen MR) is 114 cm³/mol. The first-order valence-electron chi connectivity index (χ1n) is 8.91. The molecule has 5 nitrogen and oxygen atoms in total. The van der Waals surface area contributed by atoms with Gasteiger partial charge in [0, 0.05) is 11.3 Å². The Balaban J connectivity index is 2.16. The molecule has 29 heavy (non-hydrogen) atoms. The molecule has 0 saturated heterocycles. The highest BCUT2D eigenvalue weighted by Crippen LogP contribution is 2.38. The van der Waals surface area contributed by atoms with E-state index in [1.807, 2.05) is 25.1 Å². The highest BCUT2D eigenvalue weighted by atomic mass is 35.5. The minimum Gasteiger partial charge on any atom is -0.493 e. The molecule has 1 aliphatic heterocycles. The van der Waals surface area contributed by atoms with Crippen molar-refractivity contribution >= 4 is 46.8 Å². The fourth-order valence-corrected chi connectivity index (χ4v) is 3.45. The van der Waals surface area contributed by atoms with E-state index in [2.05, 4.69) is 0 Å². The number of halogens is 2. The predicted octanol–water partition coefficient (Wildman–Crippen LogP) is 5.27. The zero-order valence-corrected chi connectivity index (χ0v) is 17.7. The third-order valence-corrected chi connectivity index (χ3v) is 5.21. The molecule has 0 bridgehead atoms. The molecule has 3 rings (SSSR count). The molecule has 1 amide bonds. The van der Waals surface area contributed by atoms with Crippen LogP contribution in [0.2, 0.25) is 10.0 Å². The molecule has 0 aliphatic carbocycles. The number of allylic oxidation sites excluding steroid dienone is 1. The molecule has 1 aliphatic rings. The first-order chi connectivity index (χ1) is 13.9. The number of hydrogen-bond acceptors (Lipinski definition) is 4. The van der Waals surface area contributed by atoms with Crippen molar-refractivity contribution in [1.29, 1.82) is 0 Å². The fourth-order valence-electron chi connectivity index (χ4n) is 3.16. The Morgan fingerprint density at radius 3 is 2.52 bits per heavy atom. The molecule has 0 saturated carbocycles. The van der Waals surface area contributed by atoms with Crippen LogP contribution in [0.25, 0.3) is 6.08 Å². The van der Waals surface area contributed by atoms with Gasteiger partial charge in [0.1, 0.15) is 5.75 Å². The summed E-state index contributed by atoms with van der Waals surface area (Å²) in [6.45, 7) is 4.03. The summed E-state index contributed by atoms with van der Waals surface area (Å²) in [4.78, 5) is 27.2. The number of ether oxygens (including phenoxy) is 2. The molecule has 0 radical (unpaired) electrons. The maximum atomic E-state index is 13.3. The average Bonchev–Trinajstić information content (AvgIpc) is 2.95. The second kappa shape index (κ2) is 8.72.